The molecule has 0 amide bonds. The second-order valence-electron chi connectivity index (χ2n) is 9.74. The Hall–Kier alpha value is -0.667. The van der Waals surface area contributed by atoms with E-state index in [9.17, 15) is 9.90 Å². The van der Waals surface area contributed by atoms with E-state index >= 15 is 0 Å². The van der Waals surface area contributed by atoms with Gasteiger partial charge in [0.25, 0.3) is 0 Å². The molecule has 1 atom stereocenters. The summed E-state index contributed by atoms with van der Waals surface area (Å²) in [6, 6.07) is 4.96. The van der Waals surface area contributed by atoms with E-state index in [4.69, 9.17) is 14.4 Å². The van der Waals surface area contributed by atoms with Crippen molar-refractivity contribution in [1.29, 1.82) is 0 Å². The fourth-order valence-electron chi connectivity index (χ4n) is 3.94. The van der Waals surface area contributed by atoms with E-state index in [0.717, 1.165) is 25.1 Å². The Morgan fingerprint density at radius 3 is 1.97 bits per heavy atom. The first-order valence-electron chi connectivity index (χ1n) is 11.4. The number of carbonyl (C=O) groups excluding carboxylic acids is 1. The third kappa shape index (κ3) is 12.6. The molecule has 1 aromatic rings. The predicted molar refractivity (Wildman–Crippen MR) is 130 cm³/mol. The zero-order valence-electron chi connectivity index (χ0n) is 22.6. The molecule has 1 aliphatic rings. The number of carboxylic acid groups (broad SMARTS) is 1. The average Bonchev–Trinajstić information content (AvgIpc) is 3.30. The maximum atomic E-state index is 11.7. The smallest absolute Gasteiger partial charge is 1.00 e. The van der Waals surface area contributed by atoms with E-state index in [1.807, 2.05) is 30.9 Å². The fourth-order valence-corrected chi connectivity index (χ4v) is 7.40. The van der Waals surface area contributed by atoms with E-state index in [1.165, 1.54) is 12.8 Å². The van der Waals surface area contributed by atoms with Gasteiger partial charge in [0.2, 0.25) is 0 Å². The van der Waals surface area contributed by atoms with Crippen LogP contribution in [0, 0.1) is 6.65 Å². The Morgan fingerprint density at radius 2 is 1.64 bits per heavy atom. The van der Waals surface area contributed by atoms with Crippen LogP contribution < -0.4 is 5.11 Å². The Morgan fingerprint density at radius 1 is 1.15 bits per heavy atom. The number of hydrogen-bond acceptors (Lipinski definition) is 5. The van der Waals surface area contributed by atoms with Gasteiger partial charge in [-0.2, -0.15) is 0 Å². The predicted octanol–water partition coefficient (Wildman–Crippen LogP) is 4.66. The summed E-state index contributed by atoms with van der Waals surface area (Å²) in [5.41, 5.74) is 1.56. The second-order valence-corrected chi connectivity index (χ2v) is 13.6. The van der Waals surface area contributed by atoms with Gasteiger partial charge in [0.15, 0.2) is 0 Å². The first-order valence-corrected chi connectivity index (χ1v) is 12.9. The van der Waals surface area contributed by atoms with Gasteiger partial charge in [-0.3, -0.25) is 9.88 Å². The number of ether oxygens (including phenoxy) is 1. The summed E-state index contributed by atoms with van der Waals surface area (Å²) >= 11 is 0. The quantitative estimate of drug-likeness (QED) is 0.207. The summed E-state index contributed by atoms with van der Waals surface area (Å²) in [7, 11) is -0.328. The van der Waals surface area contributed by atoms with Gasteiger partial charge >= 0.3 is 30.8 Å². The van der Waals surface area contributed by atoms with Crippen LogP contribution in [0.25, 0.3) is 0 Å². The molecule has 0 saturated carbocycles. The number of aliphatic carboxylic acids is 1. The standard InChI is InChI=1S/C20H35N2O2P.C4H8O.CO.Ru.H/c1-9-22(10-2)17(18(23)24)16-13-11-12-15(21-16)14-25(19(3,4)5)20(6,7)8;1-2-4-5-3-1;1-2;;/h11-13,17H,9-10,14H2,1-8H3,(H,23,24);1-4H2;;;/q;;;+2;-1/p-1/t17-;;;;/m0..../s1. The van der Waals surface area contributed by atoms with Crippen LogP contribution in [0.2, 0.25) is 0 Å². The van der Waals surface area contributed by atoms with Crippen LogP contribution in [0.5, 0.6) is 0 Å². The fraction of sp³-hybridized carbons (Fsp3) is 0.720. The number of likely N-dealkylation sites (N-methyl/N-ethyl adjacent to an activating group) is 1. The first kappa shape index (κ1) is 34.5. The first-order chi connectivity index (χ1) is 14.9. The number of hydrogen-bond donors (Lipinski definition) is 0. The van der Waals surface area contributed by atoms with Gasteiger partial charge in [-0.15, -0.1) is 0 Å². The Bertz CT molecular complexity index is 679. The molecule has 0 N–H and O–H groups in total. The molecule has 0 bridgehead atoms. The Balaban J connectivity index is -0.000000924. The molecule has 0 spiro atoms. The summed E-state index contributed by atoms with van der Waals surface area (Å²) in [4.78, 5) is 18.3. The normalized spacial score (nSPS) is 14.4. The molecular weight excluding hydrogens is 524 g/mol. The number of carboxylic acids is 1. The number of pyridine rings is 1. The van der Waals surface area contributed by atoms with Crippen LogP contribution in [0.4, 0.5) is 0 Å². The van der Waals surface area contributed by atoms with Crippen molar-refractivity contribution >= 4 is 13.9 Å². The van der Waals surface area contributed by atoms with Crippen molar-refractivity contribution in [1.82, 2.24) is 9.88 Å². The number of carbonyl (C=O) groups is 1. The van der Waals surface area contributed by atoms with Crippen molar-refractivity contribution in [2.75, 3.05) is 26.3 Å². The minimum atomic E-state index is -1.08. The summed E-state index contributed by atoms with van der Waals surface area (Å²) in [6.07, 6.45) is 3.45. The zero-order chi connectivity index (χ0) is 24.9. The number of nitrogens with zero attached hydrogens (tertiary/aromatic N) is 2. The van der Waals surface area contributed by atoms with Crippen molar-refractivity contribution < 1.29 is 40.2 Å². The van der Waals surface area contributed by atoms with Crippen molar-refractivity contribution in [2.24, 2.45) is 0 Å². The summed E-state index contributed by atoms with van der Waals surface area (Å²) in [5.74, 6) is -1.08. The minimum Gasteiger partial charge on any atom is -1.00 e. The molecule has 2 heterocycles. The molecule has 0 unspecified atom stereocenters. The molecule has 1 saturated heterocycles. The Labute approximate surface area is 217 Å². The van der Waals surface area contributed by atoms with Gasteiger partial charge in [0, 0.05) is 25.1 Å². The largest absolute Gasteiger partial charge is 2.00 e. The van der Waals surface area contributed by atoms with E-state index in [1.54, 1.807) is 6.07 Å². The van der Waals surface area contributed by atoms with Crippen molar-refractivity contribution in [3.8, 4) is 0 Å². The molecule has 8 heteroatoms. The van der Waals surface area contributed by atoms with Gasteiger partial charge in [0.05, 0.1) is 17.7 Å². The van der Waals surface area contributed by atoms with Crippen LogP contribution in [-0.4, -0.2) is 52.5 Å². The summed E-state index contributed by atoms with van der Waals surface area (Å²) in [5, 5.41) is 12.1. The molecule has 33 heavy (non-hydrogen) atoms. The Kier molecular flexibility index (Phi) is 17.6. The van der Waals surface area contributed by atoms with E-state index < -0.39 is 12.0 Å². The maximum Gasteiger partial charge on any atom is 2.00 e. The van der Waals surface area contributed by atoms with Crippen LogP contribution in [-0.2, 0) is 39.8 Å². The molecule has 2 rings (SSSR count). The zero-order valence-corrected chi connectivity index (χ0v) is 24.2. The summed E-state index contributed by atoms with van der Waals surface area (Å²) in [6.45, 7) is 25.4. The van der Waals surface area contributed by atoms with Gasteiger partial charge in [0.1, 0.15) is 0 Å². The topological polar surface area (TPSA) is 85.4 Å². The molecule has 1 aliphatic heterocycles. The monoisotopic (exact) mass is 568 g/mol. The van der Waals surface area contributed by atoms with E-state index in [0.29, 0.717) is 18.8 Å². The van der Waals surface area contributed by atoms with Crippen molar-refractivity contribution in [2.45, 2.75) is 90.7 Å². The third-order valence-corrected chi connectivity index (χ3v) is 9.16. The molecule has 1 aromatic heterocycles. The molecule has 6 nitrogen and oxygen atoms in total. The summed E-state index contributed by atoms with van der Waals surface area (Å²) < 4.78 is 12.4. The van der Waals surface area contributed by atoms with Crippen molar-refractivity contribution in [3.05, 3.63) is 36.2 Å². The van der Waals surface area contributed by atoms with Crippen LogP contribution in [0.1, 0.15) is 87.1 Å². The molecule has 0 aromatic carbocycles. The molecule has 190 valence electrons. The van der Waals surface area contributed by atoms with E-state index in [-0.39, 0.29) is 39.1 Å². The van der Waals surface area contributed by atoms with Gasteiger partial charge in [-0.05, 0) is 48.4 Å². The molecular formula is C25H43N2O4PRu. The number of rotatable bonds is 7. The SMILES string of the molecule is C1CCOC1.CCN(CC)[C@H](C(=O)[O-])c1cccc(CP(C(C)(C)C)C(C)(C)C)n1.[C-]#[O+].[H-].[Ru+2]. The van der Waals surface area contributed by atoms with E-state index in [2.05, 4.69) is 48.2 Å². The minimum absolute atomic E-state index is 0. The average molecular weight is 568 g/mol. The number of aromatic nitrogens is 1. The molecule has 1 fully saturated rings. The van der Waals surface area contributed by atoms with Gasteiger partial charge in [-0.1, -0.05) is 69.4 Å². The maximum absolute atomic E-state index is 11.7. The van der Waals surface area contributed by atoms with Gasteiger partial charge < -0.3 is 16.1 Å². The molecule has 0 aliphatic carbocycles. The van der Waals surface area contributed by atoms with Crippen LogP contribution in [0.15, 0.2) is 18.2 Å². The second kappa shape index (κ2) is 16.9. The van der Waals surface area contributed by atoms with Crippen LogP contribution >= 0.6 is 7.92 Å². The third-order valence-electron chi connectivity index (χ3n) is 5.28. The molecule has 0 radical (unpaired) electrons. The van der Waals surface area contributed by atoms with Crippen molar-refractivity contribution in [3.63, 3.8) is 0 Å². The van der Waals surface area contributed by atoms with Crippen LogP contribution in [0.3, 0.4) is 0 Å². The van der Waals surface area contributed by atoms with Gasteiger partial charge in [-0.25, -0.2) is 0 Å².